The van der Waals surface area contributed by atoms with Crippen molar-refractivity contribution in [2.75, 3.05) is 37.2 Å². The second-order valence-corrected chi connectivity index (χ2v) is 9.58. The molecule has 1 saturated heterocycles. The highest BCUT2D eigenvalue weighted by molar-refractivity contribution is 7.89. The van der Waals surface area contributed by atoms with Crippen molar-refractivity contribution < 1.29 is 13.2 Å². The average Bonchev–Trinajstić information content (AvgIpc) is 2.71. The highest BCUT2D eigenvalue weighted by atomic mass is 32.2. The maximum absolute atomic E-state index is 12.7. The van der Waals surface area contributed by atoms with Crippen LogP contribution in [-0.2, 0) is 21.4 Å². The second-order valence-electron chi connectivity index (χ2n) is 7.49. The molecule has 0 atom stereocenters. The van der Waals surface area contributed by atoms with Crippen molar-refractivity contribution in [2.45, 2.75) is 53.0 Å². The first-order valence-corrected chi connectivity index (χ1v) is 12.1. The Labute approximate surface area is 170 Å². The van der Waals surface area contributed by atoms with Crippen LogP contribution in [0.5, 0.6) is 0 Å². The number of hydrogen-bond acceptors (Lipinski definition) is 4. The molecule has 2 rings (SSSR count). The van der Waals surface area contributed by atoms with E-state index in [1.807, 2.05) is 25.1 Å². The molecule has 0 bridgehead atoms. The summed E-state index contributed by atoms with van der Waals surface area (Å²) in [6, 6.07) is 7.99. The van der Waals surface area contributed by atoms with Gasteiger partial charge in [0.1, 0.15) is 0 Å². The number of amides is 1. The SMILES string of the molecule is CCCCS(=O)(=O)N1CCC(C(=O)Nc2cccc(CN(CC)CC)c2)CC1. The fourth-order valence-corrected chi connectivity index (χ4v) is 5.23. The molecule has 1 aromatic rings. The zero-order chi connectivity index (χ0) is 20.6. The van der Waals surface area contributed by atoms with Crippen LogP contribution in [0.15, 0.2) is 24.3 Å². The molecule has 1 N–H and O–H groups in total. The molecule has 7 heteroatoms. The molecule has 0 spiro atoms. The molecule has 28 heavy (non-hydrogen) atoms. The molecule has 0 radical (unpaired) electrons. The minimum Gasteiger partial charge on any atom is -0.326 e. The Kier molecular flexibility index (Phi) is 8.92. The number of sulfonamides is 1. The molecule has 0 aliphatic carbocycles. The van der Waals surface area contributed by atoms with Crippen LogP contribution in [0.4, 0.5) is 5.69 Å². The molecule has 6 nitrogen and oxygen atoms in total. The van der Waals surface area contributed by atoms with E-state index in [1.165, 1.54) is 5.56 Å². The molecular formula is C21H35N3O3S. The molecule has 1 fully saturated rings. The predicted molar refractivity (Wildman–Crippen MR) is 115 cm³/mol. The number of carbonyl (C=O) groups excluding carboxylic acids is 1. The van der Waals surface area contributed by atoms with E-state index >= 15 is 0 Å². The van der Waals surface area contributed by atoms with Crippen molar-refractivity contribution in [1.29, 1.82) is 0 Å². The van der Waals surface area contributed by atoms with E-state index in [9.17, 15) is 13.2 Å². The lowest BCUT2D eigenvalue weighted by molar-refractivity contribution is -0.120. The van der Waals surface area contributed by atoms with Gasteiger partial charge in [-0.3, -0.25) is 9.69 Å². The molecule has 1 aliphatic rings. The fourth-order valence-electron chi connectivity index (χ4n) is 3.55. The number of nitrogens with one attached hydrogen (secondary N) is 1. The van der Waals surface area contributed by atoms with E-state index in [-0.39, 0.29) is 17.6 Å². The molecule has 1 amide bonds. The summed E-state index contributed by atoms with van der Waals surface area (Å²) in [5.74, 6) is 0.0642. The summed E-state index contributed by atoms with van der Waals surface area (Å²) < 4.78 is 26.2. The zero-order valence-electron chi connectivity index (χ0n) is 17.5. The van der Waals surface area contributed by atoms with Crippen LogP contribution in [0.3, 0.4) is 0 Å². The number of anilines is 1. The van der Waals surface area contributed by atoms with E-state index < -0.39 is 10.0 Å². The standard InChI is InChI=1S/C21H35N3O3S/c1-4-7-15-28(26,27)24-13-11-19(12-14-24)21(25)22-20-10-8-9-18(16-20)17-23(5-2)6-3/h8-10,16,19H,4-7,11-15,17H2,1-3H3,(H,22,25). The van der Waals surface area contributed by atoms with Crippen LogP contribution in [0.2, 0.25) is 0 Å². The maximum Gasteiger partial charge on any atom is 0.227 e. The highest BCUT2D eigenvalue weighted by Gasteiger charge is 2.30. The van der Waals surface area contributed by atoms with Gasteiger partial charge < -0.3 is 5.32 Å². The van der Waals surface area contributed by atoms with E-state index in [0.717, 1.165) is 31.7 Å². The lowest BCUT2D eigenvalue weighted by atomic mass is 9.97. The van der Waals surface area contributed by atoms with Gasteiger partial charge in [-0.1, -0.05) is 39.3 Å². The van der Waals surface area contributed by atoms with E-state index in [4.69, 9.17) is 0 Å². The summed E-state index contributed by atoms with van der Waals surface area (Å²) in [5, 5.41) is 3.02. The van der Waals surface area contributed by atoms with E-state index in [2.05, 4.69) is 30.1 Å². The van der Waals surface area contributed by atoms with Crippen LogP contribution in [0.25, 0.3) is 0 Å². The van der Waals surface area contributed by atoms with Crippen LogP contribution >= 0.6 is 0 Å². The number of piperidine rings is 1. The number of benzene rings is 1. The third-order valence-corrected chi connectivity index (χ3v) is 7.43. The van der Waals surface area contributed by atoms with Crippen LogP contribution in [0, 0.1) is 5.92 Å². The van der Waals surface area contributed by atoms with Gasteiger partial charge in [0, 0.05) is 31.2 Å². The topological polar surface area (TPSA) is 69.7 Å². The van der Waals surface area contributed by atoms with Crippen molar-refractivity contribution in [2.24, 2.45) is 5.92 Å². The Bertz CT molecular complexity index is 724. The van der Waals surface area contributed by atoms with Crippen LogP contribution < -0.4 is 5.32 Å². The molecule has 1 aliphatic heterocycles. The third kappa shape index (κ3) is 6.57. The molecule has 0 unspecified atom stereocenters. The van der Waals surface area contributed by atoms with Gasteiger partial charge in [0.15, 0.2) is 0 Å². The average molecular weight is 410 g/mol. The number of hydrogen-bond donors (Lipinski definition) is 1. The summed E-state index contributed by atoms with van der Waals surface area (Å²) >= 11 is 0. The van der Waals surface area contributed by atoms with Gasteiger partial charge in [0.2, 0.25) is 15.9 Å². The monoisotopic (exact) mass is 409 g/mol. The zero-order valence-corrected chi connectivity index (χ0v) is 18.3. The molecule has 0 saturated carbocycles. The van der Waals surface area contributed by atoms with Crippen molar-refractivity contribution >= 4 is 21.6 Å². The third-order valence-electron chi connectivity index (χ3n) is 5.47. The van der Waals surface area contributed by atoms with Crippen LogP contribution in [0.1, 0.15) is 52.0 Å². The van der Waals surface area contributed by atoms with Gasteiger partial charge in [-0.15, -0.1) is 0 Å². The Hall–Kier alpha value is -1.44. The first-order valence-electron chi connectivity index (χ1n) is 10.5. The molecule has 158 valence electrons. The van der Waals surface area contributed by atoms with Crippen LogP contribution in [-0.4, -0.2) is 55.5 Å². The second kappa shape index (κ2) is 10.9. The number of rotatable bonds is 10. The summed E-state index contributed by atoms with van der Waals surface area (Å²) in [6.07, 6.45) is 2.71. The van der Waals surface area contributed by atoms with Gasteiger partial charge in [-0.05, 0) is 50.0 Å². The molecule has 1 heterocycles. The Balaban J connectivity index is 1.89. The minimum atomic E-state index is -3.18. The van der Waals surface area contributed by atoms with E-state index in [1.54, 1.807) is 4.31 Å². The number of unbranched alkanes of at least 4 members (excludes halogenated alkanes) is 1. The van der Waals surface area contributed by atoms with Gasteiger partial charge in [-0.2, -0.15) is 0 Å². The lowest BCUT2D eigenvalue weighted by Gasteiger charge is -2.30. The smallest absolute Gasteiger partial charge is 0.227 e. The summed E-state index contributed by atoms with van der Waals surface area (Å²) in [4.78, 5) is 15.0. The Morgan fingerprint density at radius 3 is 2.46 bits per heavy atom. The highest BCUT2D eigenvalue weighted by Crippen LogP contribution is 2.22. The normalized spacial score (nSPS) is 16.4. The Morgan fingerprint density at radius 2 is 1.86 bits per heavy atom. The molecular weight excluding hydrogens is 374 g/mol. The maximum atomic E-state index is 12.7. The molecule has 0 aromatic heterocycles. The van der Waals surface area contributed by atoms with Gasteiger partial charge >= 0.3 is 0 Å². The van der Waals surface area contributed by atoms with Gasteiger partial charge in [0.05, 0.1) is 5.75 Å². The van der Waals surface area contributed by atoms with Crippen molar-refractivity contribution in [1.82, 2.24) is 9.21 Å². The Morgan fingerprint density at radius 1 is 1.18 bits per heavy atom. The predicted octanol–water partition coefficient (Wildman–Crippen LogP) is 3.31. The van der Waals surface area contributed by atoms with Crippen molar-refractivity contribution in [3.63, 3.8) is 0 Å². The molecule has 1 aromatic carbocycles. The largest absolute Gasteiger partial charge is 0.326 e. The quantitative estimate of drug-likeness (QED) is 0.644. The fraction of sp³-hybridized carbons (Fsp3) is 0.667. The minimum absolute atomic E-state index is 0.00871. The lowest BCUT2D eigenvalue weighted by Crippen LogP contribution is -2.42. The number of nitrogens with zero attached hydrogens (tertiary/aromatic N) is 2. The van der Waals surface area contributed by atoms with Crippen molar-refractivity contribution in [3.8, 4) is 0 Å². The van der Waals surface area contributed by atoms with Gasteiger partial charge in [-0.25, -0.2) is 12.7 Å². The first kappa shape index (κ1) is 22.8. The summed E-state index contributed by atoms with van der Waals surface area (Å²) in [7, 11) is -3.18. The first-order chi connectivity index (χ1) is 13.4. The summed E-state index contributed by atoms with van der Waals surface area (Å²) in [5.41, 5.74) is 1.99. The summed E-state index contributed by atoms with van der Waals surface area (Å²) in [6.45, 7) is 10.00. The van der Waals surface area contributed by atoms with E-state index in [0.29, 0.717) is 32.4 Å². The van der Waals surface area contributed by atoms with Gasteiger partial charge in [0.25, 0.3) is 0 Å². The number of carbonyl (C=O) groups is 1. The van der Waals surface area contributed by atoms with Crippen molar-refractivity contribution in [3.05, 3.63) is 29.8 Å².